The van der Waals surface area contributed by atoms with Gasteiger partial charge in [-0.3, -0.25) is 0 Å². The summed E-state index contributed by atoms with van der Waals surface area (Å²) in [5, 5.41) is 2.09. The Labute approximate surface area is 84.4 Å². The molecule has 0 saturated heterocycles. The van der Waals surface area contributed by atoms with Gasteiger partial charge in [-0.1, -0.05) is 48.6 Å². The molecule has 0 aliphatic rings. The average Bonchev–Trinajstić information content (AvgIpc) is 2.14. The minimum atomic E-state index is 1.03. The summed E-state index contributed by atoms with van der Waals surface area (Å²) in [6, 6.07) is 10.5. The van der Waals surface area contributed by atoms with Gasteiger partial charge in [-0.05, 0) is 17.9 Å². The molecule has 0 radical (unpaired) electrons. The van der Waals surface area contributed by atoms with Crippen LogP contribution in [-0.4, -0.2) is 0 Å². The first-order valence-corrected chi connectivity index (χ1v) is 5.31. The van der Waals surface area contributed by atoms with Gasteiger partial charge >= 0.3 is 0 Å². The zero-order valence-corrected chi connectivity index (χ0v) is 8.68. The van der Waals surface area contributed by atoms with Crippen LogP contribution in [0.1, 0.15) is 12.5 Å². The third-order valence-corrected chi connectivity index (χ3v) is 2.37. The summed E-state index contributed by atoms with van der Waals surface area (Å²) in [5.41, 5.74) is 2.46. The van der Waals surface area contributed by atoms with Crippen LogP contribution in [0.2, 0.25) is 0 Å². The van der Waals surface area contributed by atoms with Gasteiger partial charge in [0.25, 0.3) is 0 Å². The maximum absolute atomic E-state index is 3.80. The van der Waals surface area contributed by atoms with E-state index in [0.717, 1.165) is 11.3 Å². The predicted molar refractivity (Wildman–Crippen MR) is 61.7 cm³/mol. The van der Waals surface area contributed by atoms with Gasteiger partial charge < -0.3 is 0 Å². The summed E-state index contributed by atoms with van der Waals surface area (Å²) in [5.74, 6) is 1.03. The second-order valence-corrected chi connectivity index (χ2v) is 3.84. The number of hydrogen-bond donors (Lipinski definition) is 0. The van der Waals surface area contributed by atoms with Crippen molar-refractivity contribution in [2.75, 3.05) is 0 Å². The fourth-order valence-electron chi connectivity index (χ4n) is 0.883. The number of allylic oxidation sites excluding steroid dienone is 2. The molecule has 0 N–H and O–H groups in total. The zero-order chi connectivity index (χ0) is 9.52. The van der Waals surface area contributed by atoms with E-state index in [2.05, 4.69) is 36.3 Å². The van der Waals surface area contributed by atoms with E-state index in [1.807, 2.05) is 19.1 Å². The highest BCUT2D eigenvalue weighted by molar-refractivity contribution is 8.01. The lowest BCUT2D eigenvalue weighted by molar-refractivity contribution is 1.42. The molecule has 0 atom stereocenters. The van der Waals surface area contributed by atoms with Crippen molar-refractivity contribution >= 4 is 11.8 Å². The number of rotatable bonds is 4. The van der Waals surface area contributed by atoms with Gasteiger partial charge in [0.05, 0.1) is 0 Å². The lowest BCUT2D eigenvalue weighted by atomic mass is 10.2. The van der Waals surface area contributed by atoms with Gasteiger partial charge in [-0.2, -0.15) is 0 Å². The molecule has 0 unspecified atom stereocenters. The standard InChI is InChI=1S/C12H14S/c1-11(2)8-9-13-10-12-6-4-3-5-7-12/h3-9H,1,10H2,2H3/b9-8-. The van der Waals surface area contributed by atoms with Crippen molar-refractivity contribution < 1.29 is 0 Å². The summed E-state index contributed by atoms with van der Waals surface area (Å²) < 4.78 is 0. The Morgan fingerprint density at radius 2 is 2.08 bits per heavy atom. The zero-order valence-electron chi connectivity index (χ0n) is 7.86. The van der Waals surface area contributed by atoms with E-state index in [0.29, 0.717) is 0 Å². The van der Waals surface area contributed by atoms with Crippen molar-refractivity contribution in [1.82, 2.24) is 0 Å². The van der Waals surface area contributed by atoms with Crippen LogP contribution in [0.15, 0.2) is 54.0 Å². The van der Waals surface area contributed by atoms with Crippen molar-refractivity contribution in [3.63, 3.8) is 0 Å². The van der Waals surface area contributed by atoms with E-state index in [4.69, 9.17) is 0 Å². The van der Waals surface area contributed by atoms with E-state index in [1.165, 1.54) is 5.56 Å². The summed E-state index contributed by atoms with van der Waals surface area (Å²) in [6.07, 6.45) is 2.04. The van der Waals surface area contributed by atoms with Crippen LogP contribution in [-0.2, 0) is 5.75 Å². The quantitative estimate of drug-likeness (QED) is 0.646. The topological polar surface area (TPSA) is 0 Å². The molecular weight excluding hydrogens is 176 g/mol. The van der Waals surface area contributed by atoms with Gasteiger partial charge in [0, 0.05) is 5.75 Å². The largest absolute Gasteiger partial charge is 0.129 e. The molecule has 1 aromatic rings. The molecular formula is C12H14S. The Hall–Kier alpha value is -0.950. The van der Waals surface area contributed by atoms with Crippen molar-refractivity contribution in [2.45, 2.75) is 12.7 Å². The molecule has 0 aliphatic carbocycles. The number of hydrogen-bond acceptors (Lipinski definition) is 1. The van der Waals surface area contributed by atoms with Gasteiger partial charge in [0.2, 0.25) is 0 Å². The van der Waals surface area contributed by atoms with Crippen LogP contribution in [0, 0.1) is 0 Å². The highest BCUT2D eigenvalue weighted by Crippen LogP contribution is 2.13. The molecule has 68 valence electrons. The maximum atomic E-state index is 3.80. The SMILES string of the molecule is C=C(C)/C=C\SCc1ccccc1. The second-order valence-electron chi connectivity index (χ2n) is 2.95. The van der Waals surface area contributed by atoms with Gasteiger partial charge in [0.15, 0.2) is 0 Å². The predicted octanol–water partition coefficient (Wildman–Crippen LogP) is 4.01. The summed E-state index contributed by atoms with van der Waals surface area (Å²) in [6.45, 7) is 5.80. The Balaban J connectivity index is 2.32. The monoisotopic (exact) mass is 190 g/mol. The fraction of sp³-hybridized carbons (Fsp3) is 0.167. The van der Waals surface area contributed by atoms with Crippen LogP contribution >= 0.6 is 11.8 Å². The summed E-state index contributed by atoms with van der Waals surface area (Å²) in [4.78, 5) is 0. The van der Waals surface area contributed by atoms with E-state index >= 15 is 0 Å². The minimum Gasteiger partial charge on any atom is -0.129 e. The summed E-state index contributed by atoms with van der Waals surface area (Å²) in [7, 11) is 0. The van der Waals surface area contributed by atoms with Crippen molar-refractivity contribution in [2.24, 2.45) is 0 Å². The van der Waals surface area contributed by atoms with E-state index in [-0.39, 0.29) is 0 Å². The average molecular weight is 190 g/mol. The van der Waals surface area contributed by atoms with Crippen LogP contribution in [0.4, 0.5) is 0 Å². The lowest BCUT2D eigenvalue weighted by Gasteiger charge is -1.95. The maximum Gasteiger partial charge on any atom is 0.0226 e. The molecule has 1 heteroatoms. The van der Waals surface area contributed by atoms with Gasteiger partial charge in [0.1, 0.15) is 0 Å². The Morgan fingerprint density at radius 1 is 1.38 bits per heavy atom. The van der Waals surface area contributed by atoms with E-state index < -0.39 is 0 Å². The summed E-state index contributed by atoms with van der Waals surface area (Å²) >= 11 is 1.79. The molecule has 1 rings (SSSR count). The molecule has 0 aliphatic heterocycles. The molecule has 0 spiro atoms. The van der Waals surface area contributed by atoms with Gasteiger partial charge in [-0.25, -0.2) is 0 Å². The molecule has 0 bridgehead atoms. The van der Waals surface area contributed by atoms with Crippen LogP contribution in [0.25, 0.3) is 0 Å². The molecule has 0 fully saturated rings. The second kappa shape index (κ2) is 5.65. The van der Waals surface area contributed by atoms with Crippen LogP contribution in [0.5, 0.6) is 0 Å². The van der Waals surface area contributed by atoms with Crippen molar-refractivity contribution in [3.8, 4) is 0 Å². The normalized spacial score (nSPS) is 10.5. The van der Waals surface area contributed by atoms with Crippen molar-refractivity contribution in [3.05, 3.63) is 59.5 Å². The molecule has 0 nitrogen and oxygen atoms in total. The first-order chi connectivity index (χ1) is 6.29. The van der Waals surface area contributed by atoms with Crippen molar-refractivity contribution in [1.29, 1.82) is 0 Å². The molecule has 0 aromatic heterocycles. The lowest BCUT2D eigenvalue weighted by Crippen LogP contribution is -1.75. The molecule has 13 heavy (non-hydrogen) atoms. The number of thioether (sulfide) groups is 1. The molecule has 0 amide bonds. The van der Waals surface area contributed by atoms with Crippen LogP contribution < -0.4 is 0 Å². The highest BCUT2D eigenvalue weighted by atomic mass is 32.2. The van der Waals surface area contributed by atoms with E-state index in [9.17, 15) is 0 Å². The smallest absolute Gasteiger partial charge is 0.0226 e. The van der Waals surface area contributed by atoms with Crippen LogP contribution in [0.3, 0.4) is 0 Å². The Morgan fingerprint density at radius 3 is 2.69 bits per heavy atom. The highest BCUT2D eigenvalue weighted by Gasteiger charge is 1.87. The number of benzene rings is 1. The molecule has 0 heterocycles. The molecule has 0 saturated carbocycles. The molecule has 1 aromatic carbocycles. The third-order valence-electron chi connectivity index (χ3n) is 1.54. The fourth-order valence-corrected chi connectivity index (χ4v) is 1.69. The third kappa shape index (κ3) is 4.58. The van der Waals surface area contributed by atoms with E-state index in [1.54, 1.807) is 11.8 Å². The van der Waals surface area contributed by atoms with Gasteiger partial charge in [-0.15, -0.1) is 11.8 Å². The first-order valence-electron chi connectivity index (χ1n) is 4.26. The Kier molecular flexibility index (Phi) is 4.41. The minimum absolute atomic E-state index is 1.03. The Bertz CT molecular complexity index is 285. The first kappa shape index (κ1) is 10.1.